The fourth-order valence-corrected chi connectivity index (χ4v) is 5.05. The summed E-state index contributed by atoms with van der Waals surface area (Å²) in [4.78, 5) is 0. The Balaban J connectivity index is 1.50. The summed E-state index contributed by atoms with van der Waals surface area (Å²) in [6.45, 7) is 2.30. The highest BCUT2D eigenvalue weighted by atomic mass is 19.2. The molecule has 2 saturated carbocycles. The molecule has 0 atom stereocenters. The van der Waals surface area contributed by atoms with E-state index in [0.717, 1.165) is 36.2 Å². The minimum absolute atomic E-state index is 0.429. The van der Waals surface area contributed by atoms with Gasteiger partial charge < -0.3 is 0 Å². The molecular formula is C21H30F2. The van der Waals surface area contributed by atoms with E-state index >= 15 is 0 Å². The summed E-state index contributed by atoms with van der Waals surface area (Å²) in [5.41, 5.74) is 0.994. The van der Waals surface area contributed by atoms with E-state index in [1.54, 1.807) is 6.07 Å². The molecule has 1 aromatic rings. The van der Waals surface area contributed by atoms with Crippen LogP contribution < -0.4 is 0 Å². The molecule has 0 N–H and O–H groups in total. The van der Waals surface area contributed by atoms with Gasteiger partial charge in [-0.3, -0.25) is 0 Å². The number of rotatable bonds is 4. The van der Waals surface area contributed by atoms with Crippen molar-refractivity contribution in [3.8, 4) is 0 Å². The van der Waals surface area contributed by atoms with Gasteiger partial charge in [-0.2, -0.15) is 0 Å². The normalized spacial score (nSPS) is 32.0. The molecule has 0 heterocycles. The second-order valence-corrected chi connectivity index (χ2v) is 7.85. The Morgan fingerprint density at radius 3 is 2.00 bits per heavy atom. The molecule has 0 bridgehead atoms. The molecule has 0 nitrogen and oxygen atoms in total. The van der Waals surface area contributed by atoms with Gasteiger partial charge in [0.2, 0.25) is 0 Å². The molecule has 0 unspecified atom stereocenters. The Bertz CT molecular complexity index is 495. The van der Waals surface area contributed by atoms with E-state index in [-0.39, 0.29) is 0 Å². The van der Waals surface area contributed by atoms with Crippen LogP contribution in [0.25, 0.3) is 0 Å². The summed E-state index contributed by atoms with van der Waals surface area (Å²) in [5, 5.41) is 0. The zero-order valence-corrected chi connectivity index (χ0v) is 14.4. The Hall–Kier alpha value is -0.920. The first-order valence-corrected chi connectivity index (χ1v) is 9.62. The van der Waals surface area contributed by atoms with E-state index in [9.17, 15) is 8.78 Å². The second-order valence-electron chi connectivity index (χ2n) is 7.85. The van der Waals surface area contributed by atoms with Crippen LogP contribution in [0.15, 0.2) is 18.2 Å². The molecule has 1 aromatic carbocycles. The topological polar surface area (TPSA) is 0 Å². The summed E-state index contributed by atoms with van der Waals surface area (Å²) in [6.07, 6.45) is 13.3. The fraction of sp³-hybridized carbons (Fsp3) is 0.714. The Labute approximate surface area is 139 Å². The van der Waals surface area contributed by atoms with E-state index in [0.29, 0.717) is 5.92 Å². The minimum atomic E-state index is -0.730. The number of benzene rings is 1. The lowest BCUT2D eigenvalue weighted by Crippen LogP contribution is -2.25. The van der Waals surface area contributed by atoms with Crippen LogP contribution in [-0.4, -0.2) is 0 Å². The summed E-state index contributed by atoms with van der Waals surface area (Å²) in [7, 11) is 0. The number of hydrogen-bond acceptors (Lipinski definition) is 0. The number of hydrogen-bond donors (Lipinski definition) is 0. The summed E-state index contributed by atoms with van der Waals surface area (Å²) < 4.78 is 26.5. The number of halogens is 2. The maximum absolute atomic E-state index is 13.4. The third-order valence-electron chi connectivity index (χ3n) is 6.44. The molecule has 3 rings (SSSR count). The largest absolute Gasteiger partial charge is 0.204 e. The Morgan fingerprint density at radius 1 is 0.826 bits per heavy atom. The van der Waals surface area contributed by atoms with Crippen molar-refractivity contribution in [2.24, 2.45) is 17.8 Å². The smallest absolute Gasteiger partial charge is 0.159 e. The van der Waals surface area contributed by atoms with Gasteiger partial charge in [-0.25, -0.2) is 8.78 Å². The van der Waals surface area contributed by atoms with Gasteiger partial charge in [-0.05, 0) is 79.9 Å². The van der Waals surface area contributed by atoms with E-state index in [4.69, 9.17) is 0 Å². The molecule has 23 heavy (non-hydrogen) atoms. The zero-order chi connectivity index (χ0) is 16.2. The third-order valence-corrected chi connectivity index (χ3v) is 6.44. The Morgan fingerprint density at radius 2 is 1.43 bits per heavy atom. The van der Waals surface area contributed by atoms with Gasteiger partial charge in [-0.1, -0.05) is 38.7 Å². The van der Waals surface area contributed by atoms with Crippen LogP contribution in [0.4, 0.5) is 8.78 Å². The lowest BCUT2D eigenvalue weighted by molar-refractivity contribution is 0.156. The van der Waals surface area contributed by atoms with E-state index in [1.807, 2.05) is 0 Å². The van der Waals surface area contributed by atoms with Gasteiger partial charge in [0.25, 0.3) is 0 Å². The van der Waals surface area contributed by atoms with E-state index in [2.05, 4.69) is 6.92 Å². The van der Waals surface area contributed by atoms with Crippen LogP contribution in [0.2, 0.25) is 0 Å². The SMILES string of the molecule is CCCC1CCC(C2CCC(c3ccc(F)c(F)c3)CC2)CC1. The van der Waals surface area contributed by atoms with E-state index in [1.165, 1.54) is 63.5 Å². The van der Waals surface area contributed by atoms with Crippen LogP contribution in [-0.2, 0) is 0 Å². The highest BCUT2D eigenvalue weighted by molar-refractivity contribution is 5.22. The monoisotopic (exact) mass is 320 g/mol. The molecule has 2 heteroatoms. The molecule has 2 aliphatic carbocycles. The molecule has 128 valence electrons. The highest BCUT2D eigenvalue weighted by Crippen LogP contribution is 2.44. The lowest BCUT2D eigenvalue weighted by Gasteiger charge is -2.38. The quantitative estimate of drug-likeness (QED) is 0.569. The maximum Gasteiger partial charge on any atom is 0.159 e. The van der Waals surface area contributed by atoms with Crippen molar-refractivity contribution in [1.29, 1.82) is 0 Å². The summed E-state index contributed by atoms with van der Waals surface area (Å²) >= 11 is 0. The van der Waals surface area contributed by atoms with Crippen molar-refractivity contribution < 1.29 is 8.78 Å². The first-order chi connectivity index (χ1) is 11.2. The van der Waals surface area contributed by atoms with Gasteiger partial charge in [0.05, 0.1) is 0 Å². The van der Waals surface area contributed by atoms with Crippen molar-refractivity contribution in [2.75, 3.05) is 0 Å². The molecule has 0 saturated heterocycles. The van der Waals surface area contributed by atoms with Crippen LogP contribution in [0.3, 0.4) is 0 Å². The van der Waals surface area contributed by atoms with Crippen LogP contribution in [0.5, 0.6) is 0 Å². The molecular weight excluding hydrogens is 290 g/mol. The summed E-state index contributed by atoms with van der Waals surface area (Å²) in [6, 6.07) is 4.47. The van der Waals surface area contributed by atoms with Gasteiger partial charge in [0.15, 0.2) is 11.6 Å². The van der Waals surface area contributed by atoms with Crippen LogP contribution in [0, 0.1) is 29.4 Å². The average Bonchev–Trinajstić information content (AvgIpc) is 2.59. The first-order valence-electron chi connectivity index (χ1n) is 9.62. The van der Waals surface area contributed by atoms with Crippen molar-refractivity contribution in [3.05, 3.63) is 35.4 Å². The minimum Gasteiger partial charge on any atom is -0.204 e. The van der Waals surface area contributed by atoms with Crippen molar-refractivity contribution in [1.82, 2.24) is 0 Å². The fourth-order valence-electron chi connectivity index (χ4n) is 5.05. The van der Waals surface area contributed by atoms with E-state index < -0.39 is 11.6 Å². The molecule has 0 amide bonds. The average molecular weight is 320 g/mol. The Kier molecular flexibility index (Phi) is 5.71. The molecule has 2 fully saturated rings. The molecule has 0 radical (unpaired) electrons. The predicted octanol–water partition coefficient (Wildman–Crippen LogP) is 6.85. The van der Waals surface area contributed by atoms with Crippen LogP contribution in [0.1, 0.15) is 82.6 Å². The molecule has 0 spiro atoms. The van der Waals surface area contributed by atoms with Gasteiger partial charge in [0.1, 0.15) is 0 Å². The van der Waals surface area contributed by atoms with Crippen LogP contribution >= 0.6 is 0 Å². The lowest BCUT2D eigenvalue weighted by atomic mass is 9.68. The first kappa shape index (κ1) is 16.9. The van der Waals surface area contributed by atoms with Gasteiger partial charge in [-0.15, -0.1) is 0 Å². The molecule has 0 aliphatic heterocycles. The molecule has 2 aliphatic rings. The van der Waals surface area contributed by atoms with Crippen molar-refractivity contribution >= 4 is 0 Å². The predicted molar refractivity (Wildman–Crippen MR) is 91.4 cm³/mol. The van der Waals surface area contributed by atoms with Crippen molar-refractivity contribution in [3.63, 3.8) is 0 Å². The van der Waals surface area contributed by atoms with Gasteiger partial charge >= 0.3 is 0 Å². The third kappa shape index (κ3) is 4.14. The standard InChI is InChI=1S/C21H30F2/c1-2-3-15-4-6-16(7-5-15)17-8-10-18(11-9-17)19-12-13-20(22)21(23)14-19/h12-18H,2-11H2,1H3. The summed E-state index contributed by atoms with van der Waals surface area (Å²) in [5.74, 6) is 1.78. The molecule has 0 aromatic heterocycles. The maximum atomic E-state index is 13.4. The van der Waals surface area contributed by atoms with Gasteiger partial charge in [0, 0.05) is 0 Å². The zero-order valence-electron chi connectivity index (χ0n) is 14.4. The second kappa shape index (κ2) is 7.77. The highest BCUT2D eigenvalue weighted by Gasteiger charge is 2.31. The van der Waals surface area contributed by atoms with Crippen molar-refractivity contribution in [2.45, 2.75) is 77.0 Å².